The van der Waals surface area contributed by atoms with Crippen LogP contribution in [0, 0.1) is 16.0 Å². The molecule has 0 bridgehead atoms. The van der Waals surface area contributed by atoms with Crippen molar-refractivity contribution in [1.82, 2.24) is 0 Å². The van der Waals surface area contributed by atoms with Crippen LogP contribution in [0.15, 0.2) is 41.6 Å². The van der Waals surface area contributed by atoms with Gasteiger partial charge in [0.05, 0.1) is 17.1 Å². The Balaban J connectivity index is 1.77. The highest BCUT2D eigenvalue weighted by molar-refractivity contribution is 6.39. The summed E-state index contributed by atoms with van der Waals surface area (Å²) in [5, 5.41) is 15.7. The zero-order valence-electron chi connectivity index (χ0n) is 14.7. The molecule has 2 aliphatic heterocycles. The maximum atomic E-state index is 13.2. The maximum absolute atomic E-state index is 13.2. The van der Waals surface area contributed by atoms with Crippen molar-refractivity contribution in [2.24, 2.45) is 11.1 Å². The summed E-state index contributed by atoms with van der Waals surface area (Å²) in [6, 6.07) is 8.25. The first-order valence-electron chi connectivity index (χ1n) is 8.23. The van der Waals surface area contributed by atoms with E-state index in [4.69, 9.17) is 32.8 Å². The Morgan fingerprint density at radius 1 is 1.17 bits per heavy atom. The highest BCUT2D eigenvalue weighted by atomic mass is 35.5. The quantitative estimate of drug-likeness (QED) is 0.414. The zero-order valence-corrected chi connectivity index (χ0v) is 16.2. The predicted molar refractivity (Wildman–Crippen MR) is 104 cm³/mol. The number of carbonyl (C=O) groups excluding carboxylic acids is 2. The van der Waals surface area contributed by atoms with Gasteiger partial charge < -0.3 is 9.57 Å². The lowest BCUT2D eigenvalue weighted by Crippen LogP contribution is -2.33. The van der Waals surface area contributed by atoms with E-state index in [1.54, 1.807) is 12.1 Å². The van der Waals surface area contributed by atoms with Gasteiger partial charge in [-0.1, -0.05) is 34.4 Å². The second-order valence-electron chi connectivity index (χ2n) is 6.23. The number of amides is 2. The molecular weight excluding hydrogens is 425 g/mol. The van der Waals surface area contributed by atoms with E-state index >= 15 is 0 Å². The standard InChI is InChI=1S/C18H11Cl2N3O6/c1-28-13-5-3-9(23(26)27)7-12(13)22-17(24)14-15(21-29-16(14)18(22)25)10-4-2-8(19)6-11(10)20/h2-7,14,16H,1H3. The van der Waals surface area contributed by atoms with Crippen molar-refractivity contribution < 1.29 is 24.1 Å². The molecule has 11 heteroatoms. The van der Waals surface area contributed by atoms with Gasteiger partial charge in [0, 0.05) is 22.7 Å². The molecular formula is C18H11Cl2N3O6. The number of hydrogen-bond acceptors (Lipinski definition) is 7. The number of nitro benzene ring substituents is 1. The number of ether oxygens (including phenoxy) is 1. The van der Waals surface area contributed by atoms with Gasteiger partial charge in [-0.15, -0.1) is 0 Å². The van der Waals surface area contributed by atoms with Crippen molar-refractivity contribution in [3.05, 3.63) is 62.1 Å². The van der Waals surface area contributed by atoms with E-state index in [1.165, 1.54) is 25.3 Å². The largest absolute Gasteiger partial charge is 0.495 e. The molecule has 0 aromatic heterocycles. The number of anilines is 1. The van der Waals surface area contributed by atoms with Crippen LogP contribution in [0.2, 0.25) is 10.0 Å². The molecule has 0 saturated carbocycles. The Labute approximate surface area is 173 Å². The van der Waals surface area contributed by atoms with Crippen LogP contribution in [-0.2, 0) is 14.4 Å². The lowest BCUT2D eigenvalue weighted by atomic mass is 9.94. The molecule has 148 valence electrons. The van der Waals surface area contributed by atoms with Crippen molar-refractivity contribution in [3.63, 3.8) is 0 Å². The number of carbonyl (C=O) groups is 2. The molecule has 1 saturated heterocycles. The summed E-state index contributed by atoms with van der Waals surface area (Å²) >= 11 is 12.1. The Kier molecular flexibility index (Phi) is 4.64. The number of benzene rings is 2. The van der Waals surface area contributed by atoms with E-state index in [-0.39, 0.29) is 27.9 Å². The minimum atomic E-state index is -1.20. The molecule has 2 unspecified atom stereocenters. The third kappa shape index (κ3) is 2.99. The minimum Gasteiger partial charge on any atom is -0.495 e. The van der Waals surface area contributed by atoms with Gasteiger partial charge in [0.15, 0.2) is 0 Å². The number of halogens is 2. The fraction of sp³-hybridized carbons (Fsp3) is 0.167. The average Bonchev–Trinajstić information content (AvgIpc) is 3.21. The van der Waals surface area contributed by atoms with Crippen LogP contribution in [-0.4, -0.2) is 35.7 Å². The number of imide groups is 1. The molecule has 2 aromatic carbocycles. The number of methoxy groups -OCH3 is 1. The van der Waals surface area contributed by atoms with Crippen LogP contribution < -0.4 is 9.64 Å². The first kappa shape index (κ1) is 19.2. The van der Waals surface area contributed by atoms with Gasteiger partial charge in [-0.3, -0.25) is 19.7 Å². The summed E-state index contributed by atoms with van der Waals surface area (Å²) in [5.41, 5.74) is 0.241. The summed E-state index contributed by atoms with van der Waals surface area (Å²) in [6.07, 6.45) is -1.20. The van der Waals surface area contributed by atoms with Crippen molar-refractivity contribution >= 4 is 52.1 Å². The fourth-order valence-electron chi connectivity index (χ4n) is 3.30. The second-order valence-corrected chi connectivity index (χ2v) is 7.07. The van der Waals surface area contributed by atoms with Crippen molar-refractivity contribution in [1.29, 1.82) is 0 Å². The SMILES string of the molecule is COc1ccc([N+](=O)[O-])cc1N1C(=O)C2ON=C(c3ccc(Cl)cc3Cl)C2C1=O. The van der Waals surface area contributed by atoms with E-state index in [9.17, 15) is 19.7 Å². The van der Waals surface area contributed by atoms with Gasteiger partial charge in [0.1, 0.15) is 23.1 Å². The molecule has 1 fully saturated rings. The van der Waals surface area contributed by atoms with Gasteiger partial charge in [-0.05, 0) is 18.2 Å². The normalized spacial score (nSPS) is 20.4. The average molecular weight is 436 g/mol. The van der Waals surface area contributed by atoms with Crippen molar-refractivity contribution in [3.8, 4) is 5.75 Å². The lowest BCUT2D eigenvalue weighted by molar-refractivity contribution is -0.384. The Hall–Kier alpha value is -3.17. The van der Waals surface area contributed by atoms with Crippen LogP contribution in [0.1, 0.15) is 5.56 Å². The topological polar surface area (TPSA) is 111 Å². The summed E-state index contributed by atoms with van der Waals surface area (Å²) in [6.45, 7) is 0. The number of non-ortho nitro benzene ring substituents is 1. The number of nitrogens with zero attached hydrogens (tertiary/aromatic N) is 3. The molecule has 2 aliphatic rings. The third-order valence-corrected chi connectivity index (χ3v) is 5.18. The molecule has 2 heterocycles. The smallest absolute Gasteiger partial charge is 0.279 e. The van der Waals surface area contributed by atoms with E-state index < -0.39 is 28.8 Å². The number of oxime groups is 1. The fourth-order valence-corrected chi connectivity index (χ4v) is 3.81. The van der Waals surface area contributed by atoms with Gasteiger partial charge in [-0.25, -0.2) is 4.90 Å². The number of rotatable bonds is 4. The predicted octanol–water partition coefficient (Wildman–Crippen LogP) is 3.20. The first-order valence-corrected chi connectivity index (χ1v) is 8.98. The zero-order chi connectivity index (χ0) is 20.9. The molecule has 2 aromatic rings. The Morgan fingerprint density at radius 3 is 2.59 bits per heavy atom. The van der Waals surface area contributed by atoms with Gasteiger partial charge in [0.2, 0.25) is 12.0 Å². The maximum Gasteiger partial charge on any atom is 0.279 e. The molecule has 0 N–H and O–H groups in total. The summed E-state index contributed by atoms with van der Waals surface area (Å²) in [7, 11) is 1.33. The van der Waals surface area contributed by atoms with Gasteiger partial charge in [-0.2, -0.15) is 0 Å². The molecule has 29 heavy (non-hydrogen) atoms. The Morgan fingerprint density at radius 2 is 1.93 bits per heavy atom. The van der Waals surface area contributed by atoms with Gasteiger partial charge in [0.25, 0.3) is 11.6 Å². The Bertz CT molecular complexity index is 1100. The van der Waals surface area contributed by atoms with E-state index in [0.29, 0.717) is 10.6 Å². The summed E-state index contributed by atoms with van der Waals surface area (Å²) in [5.74, 6) is -2.28. The lowest BCUT2D eigenvalue weighted by Gasteiger charge is -2.18. The van der Waals surface area contributed by atoms with E-state index in [0.717, 1.165) is 11.0 Å². The molecule has 2 amide bonds. The minimum absolute atomic E-state index is 0.0451. The molecule has 0 aliphatic carbocycles. The highest BCUT2D eigenvalue weighted by Crippen LogP contribution is 2.41. The number of hydrogen-bond donors (Lipinski definition) is 0. The monoisotopic (exact) mass is 435 g/mol. The third-order valence-electron chi connectivity index (χ3n) is 4.63. The molecule has 4 rings (SSSR count). The van der Waals surface area contributed by atoms with Crippen LogP contribution >= 0.6 is 23.2 Å². The van der Waals surface area contributed by atoms with Crippen molar-refractivity contribution in [2.75, 3.05) is 12.0 Å². The van der Waals surface area contributed by atoms with Gasteiger partial charge >= 0.3 is 0 Å². The summed E-state index contributed by atoms with van der Waals surface area (Å²) < 4.78 is 5.18. The molecule has 0 radical (unpaired) electrons. The van der Waals surface area contributed by atoms with Crippen LogP contribution in [0.5, 0.6) is 5.75 Å². The second kappa shape index (κ2) is 7.02. The van der Waals surface area contributed by atoms with E-state index in [1.807, 2.05) is 0 Å². The number of nitro groups is 1. The number of fused-ring (bicyclic) bond motifs is 1. The van der Waals surface area contributed by atoms with Crippen LogP contribution in [0.3, 0.4) is 0 Å². The molecule has 9 nitrogen and oxygen atoms in total. The van der Waals surface area contributed by atoms with Crippen molar-refractivity contribution in [2.45, 2.75) is 6.10 Å². The molecule has 0 spiro atoms. The van der Waals surface area contributed by atoms with Crippen LogP contribution in [0.25, 0.3) is 0 Å². The van der Waals surface area contributed by atoms with Crippen LogP contribution in [0.4, 0.5) is 11.4 Å². The highest BCUT2D eigenvalue weighted by Gasteiger charge is 2.57. The first-order chi connectivity index (χ1) is 13.8. The van der Waals surface area contributed by atoms with E-state index in [2.05, 4.69) is 5.16 Å². The molecule has 2 atom stereocenters. The summed E-state index contributed by atoms with van der Waals surface area (Å²) in [4.78, 5) is 42.6.